The molecular weight excluding hydrogens is 442 g/mol. The highest BCUT2D eigenvalue weighted by Crippen LogP contribution is 2.20. The molecule has 0 N–H and O–H groups in total. The smallest absolute Gasteiger partial charge is 0.332 e. The van der Waals surface area contributed by atoms with E-state index in [1.807, 2.05) is 26.0 Å². The Hall–Kier alpha value is -2.98. The summed E-state index contributed by atoms with van der Waals surface area (Å²) in [6, 6.07) is 8.72. The molecule has 3 aromatic heterocycles. The van der Waals surface area contributed by atoms with E-state index in [9.17, 15) is 13.8 Å². The van der Waals surface area contributed by atoms with Crippen molar-refractivity contribution in [2.24, 2.45) is 7.05 Å². The summed E-state index contributed by atoms with van der Waals surface area (Å²) in [4.78, 5) is 30.7. The number of aryl methyl sites for hydroxylation is 1. The van der Waals surface area contributed by atoms with Crippen LogP contribution in [0, 0.1) is 0 Å². The Balaban J connectivity index is 1.99. The van der Waals surface area contributed by atoms with Crippen molar-refractivity contribution in [2.45, 2.75) is 37.3 Å². The highest BCUT2D eigenvalue weighted by molar-refractivity contribution is 7.85. The fraction of sp³-hybridized carbons (Fsp3) is 0.300. The second-order valence-corrected chi connectivity index (χ2v) is 9.68. The Labute approximate surface area is 184 Å². The van der Waals surface area contributed by atoms with Gasteiger partial charge in [-0.15, -0.1) is 0 Å². The molecule has 3 heterocycles. The third-order valence-corrected chi connectivity index (χ3v) is 6.64. The van der Waals surface area contributed by atoms with Gasteiger partial charge in [0.1, 0.15) is 0 Å². The van der Waals surface area contributed by atoms with Crippen molar-refractivity contribution < 1.29 is 8.73 Å². The van der Waals surface area contributed by atoms with E-state index in [4.69, 9.17) is 16.1 Å². The molecule has 4 aromatic rings. The Kier molecular flexibility index (Phi) is 5.67. The predicted molar refractivity (Wildman–Crippen MR) is 117 cm³/mol. The fourth-order valence-electron chi connectivity index (χ4n) is 3.25. The van der Waals surface area contributed by atoms with Gasteiger partial charge in [-0.25, -0.2) is 9.78 Å². The lowest BCUT2D eigenvalue weighted by Gasteiger charge is -2.11. The van der Waals surface area contributed by atoms with E-state index in [1.165, 1.54) is 17.8 Å². The molecule has 9 nitrogen and oxygen atoms in total. The third kappa shape index (κ3) is 3.88. The van der Waals surface area contributed by atoms with Crippen LogP contribution in [0.5, 0.6) is 0 Å². The second kappa shape index (κ2) is 8.27. The molecule has 0 radical (unpaired) electrons. The summed E-state index contributed by atoms with van der Waals surface area (Å²) in [5.41, 5.74) is 0.137. The van der Waals surface area contributed by atoms with Gasteiger partial charge in [0.25, 0.3) is 5.56 Å². The van der Waals surface area contributed by atoms with E-state index < -0.39 is 22.0 Å². The summed E-state index contributed by atoms with van der Waals surface area (Å²) in [5, 5.41) is 4.22. The fourth-order valence-corrected chi connectivity index (χ4v) is 4.35. The van der Waals surface area contributed by atoms with Crippen LogP contribution in [0.2, 0.25) is 5.02 Å². The molecule has 1 aromatic carbocycles. The van der Waals surface area contributed by atoms with Gasteiger partial charge in [-0.1, -0.05) is 42.7 Å². The topological polar surface area (TPSA) is 105 Å². The van der Waals surface area contributed by atoms with Crippen molar-refractivity contribution in [3.8, 4) is 0 Å². The molecule has 1 atom stereocenters. The van der Waals surface area contributed by atoms with Crippen molar-refractivity contribution in [1.82, 2.24) is 23.8 Å². The Morgan fingerprint density at radius 2 is 1.81 bits per heavy atom. The van der Waals surface area contributed by atoms with Crippen LogP contribution in [-0.4, -0.2) is 33.3 Å². The normalized spacial score (nSPS) is 12.7. The van der Waals surface area contributed by atoms with Crippen molar-refractivity contribution in [3.63, 3.8) is 0 Å². The lowest BCUT2D eigenvalue weighted by atomic mass is 10.2. The molecule has 0 bridgehead atoms. The molecule has 0 amide bonds. The molecule has 0 aliphatic carbocycles. The number of halogens is 1. The average molecular weight is 462 g/mol. The Morgan fingerprint density at radius 1 is 1.10 bits per heavy atom. The van der Waals surface area contributed by atoms with Gasteiger partial charge in [0.2, 0.25) is 5.16 Å². The third-order valence-electron chi connectivity index (χ3n) is 4.86. The molecular formula is C20H20ClN5O4S. The van der Waals surface area contributed by atoms with Gasteiger partial charge < -0.3 is 9.09 Å². The number of fused-ring (bicyclic) bond motifs is 1. The lowest BCUT2D eigenvalue weighted by molar-refractivity contribution is 0.372. The average Bonchev–Trinajstić information content (AvgIpc) is 3.39. The van der Waals surface area contributed by atoms with Crippen LogP contribution >= 0.6 is 11.6 Å². The van der Waals surface area contributed by atoms with Gasteiger partial charge in [-0.05, 0) is 17.7 Å². The molecule has 0 fully saturated rings. The van der Waals surface area contributed by atoms with Crippen molar-refractivity contribution in [1.29, 1.82) is 0 Å². The lowest BCUT2D eigenvalue weighted by Crippen LogP contribution is -2.40. The zero-order valence-electron chi connectivity index (χ0n) is 17.1. The first-order chi connectivity index (χ1) is 14.8. The highest BCUT2D eigenvalue weighted by Gasteiger charge is 2.25. The van der Waals surface area contributed by atoms with Gasteiger partial charge in [0, 0.05) is 23.4 Å². The minimum Gasteiger partial charge on any atom is -0.359 e. The van der Waals surface area contributed by atoms with Crippen LogP contribution in [0.25, 0.3) is 11.2 Å². The van der Waals surface area contributed by atoms with Gasteiger partial charge >= 0.3 is 5.69 Å². The Bertz CT molecular complexity index is 1380. The zero-order valence-corrected chi connectivity index (χ0v) is 18.7. The molecule has 1 unspecified atom stereocenters. The van der Waals surface area contributed by atoms with E-state index in [0.29, 0.717) is 10.8 Å². The molecule has 31 heavy (non-hydrogen) atoms. The van der Waals surface area contributed by atoms with Gasteiger partial charge in [-0.3, -0.25) is 18.1 Å². The van der Waals surface area contributed by atoms with Crippen LogP contribution in [0.15, 0.2) is 55.8 Å². The maximum atomic E-state index is 13.4. The standard InChI is InChI=1S/C20H20ClN5O4S/c1-12(2)31(29)19-23-17-16(25(19)10-13-4-6-14(21)7-5-13)18(27)26(20(28)24(17)3)11-15-8-9-22-30-15/h4-9,12H,10-11H2,1-3H3. The van der Waals surface area contributed by atoms with Crippen molar-refractivity contribution in [3.05, 3.63) is 73.7 Å². The van der Waals surface area contributed by atoms with Crippen LogP contribution in [0.3, 0.4) is 0 Å². The van der Waals surface area contributed by atoms with Gasteiger partial charge in [0.05, 0.1) is 30.1 Å². The quantitative estimate of drug-likeness (QED) is 0.435. The van der Waals surface area contributed by atoms with Gasteiger partial charge in [0.15, 0.2) is 16.9 Å². The van der Waals surface area contributed by atoms with E-state index in [0.717, 1.165) is 10.1 Å². The van der Waals surface area contributed by atoms with Crippen molar-refractivity contribution >= 4 is 33.6 Å². The number of hydrogen-bond donors (Lipinski definition) is 0. The molecule has 0 aliphatic heterocycles. The number of benzene rings is 1. The summed E-state index contributed by atoms with van der Waals surface area (Å²) < 4.78 is 22.0. The summed E-state index contributed by atoms with van der Waals surface area (Å²) in [6.07, 6.45) is 1.44. The van der Waals surface area contributed by atoms with E-state index in [2.05, 4.69) is 10.1 Å². The van der Waals surface area contributed by atoms with Gasteiger partial charge in [-0.2, -0.15) is 0 Å². The first-order valence-electron chi connectivity index (χ1n) is 9.52. The van der Waals surface area contributed by atoms with Crippen molar-refractivity contribution in [2.75, 3.05) is 0 Å². The molecule has 11 heteroatoms. The number of imidazole rings is 1. The minimum absolute atomic E-state index is 0.0732. The molecule has 0 spiro atoms. The molecule has 0 saturated heterocycles. The number of aromatic nitrogens is 5. The second-order valence-electron chi connectivity index (χ2n) is 7.34. The number of rotatable bonds is 6. The highest BCUT2D eigenvalue weighted by atomic mass is 35.5. The number of hydrogen-bond acceptors (Lipinski definition) is 6. The molecule has 0 saturated carbocycles. The van der Waals surface area contributed by atoms with Crippen LogP contribution in [0.1, 0.15) is 25.2 Å². The molecule has 162 valence electrons. The first kappa shape index (κ1) is 21.3. The summed E-state index contributed by atoms with van der Waals surface area (Å²) in [7, 11) is 0.0455. The molecule has 0 aliphatic rings. The summed E-state index contributed by atoms with van der Waals surface area (Å²) in [6.45, 7) is 3.79. The zero-order chi connectivity index (χ0) is 22.3. The summed E-state index contributed by atoms with van der Waals surface area (Å²) in [5.74, 6) is 0.369. The maximum absolute atomic E-state index is 13.4. The largest absolute Gasteiger partial charge is 0.359 e. The SMILES string of the molecule is CC(C)S(=O)c1nc2c(c(=O)n(Cc3ccno3)c(=O)n2C)n1Cc1ccc(Cl)cc1. The van der Waals surface area contributed by atoms with Crippen LogP contribution in [0.4, 0.5) is 0 Å². The monoisotopic (exact) mass is 461 g/mol. The predicted octanol–water partition coefficient (Wildman–Crippen LogP) is 2.15. The molecule has 4 rings (SSSR count). The number of nitrogens with zero attached hydrogens (tertiary/aromatic N) is 5. The van der Waals surface area contributed by atoms with E-state index in [-0.39, 0.29) is 34.7 Å². The van der Waals surface area contributed by atoms with E-state index in [1.54, 1.807) is 22.8 Å². The first-order valence-corrected chi connectivity index (χ1v) is 11.1. The minimum atomic E-state index is -1.48. The maximum Gasteiger partial charge on any atom is 0.332 e. The summed E-state index contributed by atoms with van der Waals surface area (Å²) >= 11 is 5.99. The van der Waals surface area contributed by atoms with Crippen LogP contribution in [-0.2, 0) is 30.9 Å². The van der Waals surface area contributed by atoms with E-state index >= 15 is 0 Å². The Morgan fingerprint density at radius 3 is 2.42 bits per heavy atom. The van der Waals surface area contributed by atoms with Crippen LogP contribution < -0.4 is 11.2 Å².